The Labute approximate surface area is 129 Å². The van der Waals surface area contributed by atoms with Crippen LogP contribution in [0.4, 0.5) is 0 Å². The molecule has 1 aromatic carbocycles. The molecule has 1 aromatic heterocycles. The number of amides is 1. The zero-order valence-electron chi connectivity index (χ0n) is 13.0. The molecule has 0 aliphatic carbocycles. The standard InChI is InChI=1S/C17H22N2O3/c1-12(2)9-13(20)10-18-17(22)11-19-8-7-16(21)14-5-3-4-6-15(14)19/h3-8,12-13,20H,9-11H2,1-2H3,(H,18,22). The highest BCUT2D eigenvalue weighted by Gasteiger charge is 2.10. The highest BCUT2D eigenvalue weighted by Crippen LogP contribution is 2.09. The third-order valence-corrected chi connectivity index (χ3v) is 3.48. The predicted molar refractivity (Wildman–Crippen MR) is 86.7 cm³/mol. The smallest absolute Gasteiger partial charge is 0.240 e. The molecule has 1 heterocycles. The van der Waals surface area contributed by atoms with Crippen molar-refractivity contribution in [1.29, 1.82) is 0 Å². The van der Waals surface area contributed by atoms with Crippen LogP contribution in [-0.4, -0.2) is 28.2 Å². The minimum atomic E-state index is -0.533. The van der Waals surface area contributed by atoms with E-state index in [2.05, 4.69) is 5.32 Å². The van der Waals surface area contributed by atoms with E-state index in [0.29, 0.717) is 17.7 Å². The molecule has 0 radical (unpaired) electrons. The van der Waals surface area contributed by atoms with Crippen molar-refractivity contribution < 1.29 is 9.90 Å². The number of rotatable bonds is 6. The summed E-state index contributed by atoms with van der Waals surface area (Å²) in [6.07, 6.45) is 1.74. The van der Waals surface area contributed by atoms with E-state index in [1.54, 1.807) is 22.9 Å². The Hall–Kier alpha value is -2.14. The van der Waals surface area contributed by atoms with Crippen LogP contribution in [0.1, 0.15) is 20.3 Å². The summed E-state index contributed by atoms with van der Waals surface area (Å²) in [4.78, 5) is 23.8. The number of nitrogens with zero attached hydrogens (tertiary/aromatic N) is 1. The van der Waals surface area contributed by atoms with Crippen molar-refractivity contribution in [2.45, 2.75) is 32.9 Å². The molecule has 1 atom stereocenters. The van der Waals surface area contributed by atoms with E-state index in [0.717, 1.165) is 5.52 Å². The summed E-state index contributed by atoms with van der Waals surface area (Å²) in [5.74, 6) is 0.200. The molecule has 2 aromatic rings. The monoisotopic (exact) mass is 302 g/mol. The van der Waals surface area contributed by atoms with Crippen molar-refractivity contribution in [3.63, 3.8) is 0 Å². The summed E-state index contributed by atoms with van der Waals surface area (Å²) in [6, 6.07) is 8.66. The van der Waals surface area contributed by atoms with Gasteiger partial charge in [-0.1, -0.05) is 26.0 Å². The molecule has 118 valence electrons. The molecule has 0 saturated carbocycles. The molecule has 0 aliphatic rings. The minimum absolute atomic E-state index is 0.0559. The molecule has 0 bridgehead atoms. The van der Waals surface area contributed by atoms with Crippen molar-refractivity contribution in [3.8, 4) is 0 Å². The highest BCUT2D eigenvalue weighted by atomic mass is 16.3. The van der Waals surface area contributed by atoms with Gasteiger partial charge in [0.05, 0.1) is 11.6 Å². The first kappa shape index (κ1) is 16.2. The highest BCUT2D eigenvalue weighted by molar-refractivity contribution is 5.82. The normalized spacial score (nSPS) is 12.5. The second-order valence-corrected chi connectivity index (χ2v) is 5.91. The summed E-state index contributed by atoms with van der Waals surface area (Å²) < 4.78 is 1.74. The van der Waals surface area contributed by atoms with E-state index in [-0.39, 0.29) is 24.4 Å². The van der Waals surface area contributed by atoms with Gasteiger partial charge in [0.2, 0.25) is 5.91 Å². The largest absolute Gasteiger partial charge is 0.391 e. The van der Waals surface area contributed by atoms with Gasteiger partial charge in [0.25, 0.3) is 0 Å². The Balaban J connectivity index is 2.04. The lowest BCUT2D eigenvalue weighted by Gasteiger charge is -2.15. The molecule has 0 spiro atoms. The van der Waals surface area contributed by atoms with E-state index >= 15 is 0 Å². The van der Waals surface area contributed by atoms with Gasteiger partial charge in [0.1, 0.15) is 6.54 Å². The van der Waals surface area contributed by atoms with Gasteiger partial charge in [0, 0.05) is 24.2 Å². The van der Waals surface area contributed by atoms with E-state index in [1.807, 2.05) is 26.0 Å². The number of fused-ring (bicyclic) bond motifs is 1. The van der Waals surface area contributed by atoms with Gasteiger partial charge < -0.3 is 15.0 Å². The molecule has 1 amide bonds. The van der Waals surface area contributed by atoms with E-state index in [9.17, 15) is 14.7 Å². The lowest BCUT2D eigenvalue weighted by molar-refractivity contribution is -0.122. The second-order valence-electron chi connectivity index (χ2n) is 5.91. The fourth-order valence-electron chi connectivity index (χ4n) is 2.47. The molecule has 2 rings (SSSR count). The number of carbonyl (C=O) groups is 1. The van der Waals surface area contributed by atoms with Gasteiger partial charge >= 0.3 is 0 Å². The Bertz CT molecular complexity index is 706. The minimum Gasteiger partial charge on any atom is -0.391 e. The molecule has 2 N–H and O–H groups in total. The number of hydrogen-bond acceptors (Lipinski definition) is 3. The van der Waals surface area contributed by atoms with Crippen LogP contribution in [0.2, 0.25) is 0 Å². The van der Waals surface area contributed by atoms with Gasteiger partial charge in [-0.2, -0.15) is 0 Å². The summed E-state index contributed by atoms with van der Waals surface area (Å²) in [6.45, 7) is 4.42. The third-order valence-electron chi connectivity index (χ3n) is 3.48. The Morgan fingerprint density at radius 2 is 2.00 bits per heavy atom. The van der Waals surface area contributed by atoms with E-state index in [1.165, 1.54) is 6.07 Å². The van der Waals surface area contributed by atoms with Crippen LogP contribution in [0.5, 0.6) is 0 Å². The molecule has 5 heteroatoms. The molecular formula is C17H22N2O3. The number of benzene rings is 1. The molecule has 0 saturated heterocycles. The first-order chi connectivity index (χ1) is 10.5. The van der Waals surface area contributed by atoms with Crippen molar-refractivity contribution in [2.75, 3.05) is 6.54 Å². The van der Waals surface area contributed by atoms with Crippen molar-refractivity contribution in [2.24, 2.45) is 5.92 Å². The number of hydrogen-bond donors (Lipinski definition) is 2. The number of carbonyl (C=O) groups excluding carboxylic acids is 1. The zero-order valence-corrected chi connectivity index (χ0v) is 13.0. The van der Waals surface area contributed by atoms with Crippen LogP contribution >= 0.6 is 0 Å². The molecular weight excluding hydrogens is 280 g/mol. The van der Waals surface area contributed by atoms with Gasteiger partial charge in [0.15, 0.2) is 5.43 Å². The third kappa shape index (κ3) is 4.18. The van der Waals surface area contributed by atoms with Gasteiger partial charge in [-0.3, -0.25) is 9.59 Å². The van der Waals surface area contributed by atoms with E-state index in [4.69, 9.17) is 0 Å². The molecule has 5 nitrogen and oxygen atoms in total. The average molecular weight is 302 g/mol. The van der Waals surface area contributed by atoms with Crippen LogP contribution < -0.4 is 10.7 Å². The Morgan fingerprint density at radius 3 is 2.73 bits per heavy atom. The lowest BCUT2D eigenvalue weighted by Crippen LogP contribution is -2.35. The maximum absolute atomic E-state index is 12.0. The number of aromatic nitrogens is 1. The quantitative estimate of drug-likeness (QED) is 0.850. The number of aliphatic hydroxyl groups is 1. The maximum Gasteiger partial charge on any atom is 0.240 e. The van der Waals surface area contributed by atoms with Crippen molar-refractivity contribution in [3.05, 3.63) is 46.8 Å². The molecule has 0 fully saturated rings. The summed E-state index contributed by atoms with van der Waals surface area (Å²) in [7, 11) is 0. The fourth-order valence-corrected chi connectivity index (χ4v) is 2.47. The fraction of sp³-hybridized carbons (Fsp3) is 0.412. The second kappa shape index (κ2) is 7.22. The lowest BCUT2D eigenvalue weighted by atomic mass is 10.1. The number of para-hydroxylation sites is 1. The Kier molecular flexibility index (Phi) is 5.33. The zero-order chi connectivity index (χ0) is 16.1. The molecule has 0 aliphatic heterocycles. The van der Waals surface area contributed by atoms with Crippen LogP contribution in [0.15, 0.2) is 41.3 Å². The maximum atomic E-state index is 12.0. The molecule has 1 unspecified atom stereocenters. The summed E-state index contributed by atoms with van der Waals surface area (Å²) in [5, 5.41) is 13.1. The van der Waals surface area contributed by atoms with Crippen molar-refractivity contribution in [1.82, 2.24) is 9.88 Å². The number of aliphatic hydroxyl groups excluding tert-OH is 1. The molecule has 22 heavy (non-hydrogen) atoms. The van der Waals surface area contributed by atoms with Crippen LogP contribution in [0.25, 0.3) is 10.9 Å². The first-order valence-electron chi connectivity index (χ1n) is 7.50. The van der Waals surface area contributed by atoms with Crippen molar-refractivity contribution >= 4 is 16.8 Å². The number of pyridine rings is 1. The first-order valence-corrected chi connectivity index (χ1v) is 7.50. The van der Waals surface area contributed by atoms with E-state index < -0.39 is 6.10 Å². The average Bonchev–Trinajstić information content (AvgIpc) is 2.48. The van der Waals surface area contributed by atoms with Gasteiger partial charge in [-0.05, 0) is 24.5 Å². The van der Waals surface area contributed by atoms with Crippen LogP contribution in [0.3, 0.4) is 0 Å². The summed E-state index contributed by atoms with van der Waals surface area (Å²) in [5.41, 5.74) is 0.674. The van der Waals surface area contributed by atoms with Crippen LogP contribution in [-0.2, 0) is 11.3 Å². The van der Waals surface area contributed by atoms with Gasteiger partial charge in [-0.15, -0.1) is 0 Å². The Morgan fingerprint density at radius 1 is 1.27 bits per heavy atom. The SMILES string of the molecule is CC(C)CC(O)CNC(=O)Cn1ccc(=O)c2ccccc21. The topological polar surface area (TPSA) is 71.3 Å². The number of nitrogens with one attached hydrogen (secondary N) is 1. The predicted octanol–water partition coefficient (Wildman–Crippen LogP) is 1.52. The van der Waals surface area contributed by atoms with Crippen LogP contribution in [0, 0.1) is 5.92 Å². The summed E-state index contributed by atoms with van der Waals surface area (Å²) >= 11 is 0. The van der Waals surface area contributed by atoms with Gasteiger partial charge in [-0.25, -0.2) is 0 Å².